The zero-order valence-corrected chi connectivity index (χ0v) is 58.0. The Balaban J connectivity index is 0.973. The molecule has 9 nitrogen and oxygen atoms in total. The Kier molecular flexibility index (Phi) is 19.7. The van der Waals surface area contributed by atoms with Gasteiger partial charge in [-0.15, -0.1) is 0 Å². The van der Waals surface area contributed by atoms with E-state index in [9.17, 15) is 0 Å². The third-order valence-corrected chi connectivity index (χ3v) is 18.2. The minimum atomic E-state index is -0.380. The quantitative estimate of drug-likeness (QED) is 0.0793. The summed E-state index contributed by atoms with van der Waals surface area (Å²) in [6, 6.07) is 92.9. The summed E-state index contributed by atoms with van der Waals surface area (Å²) in [5, 5.41) is 0. The molecule has 1 saturated carbocycles. The molecule has 0 saturated heterocycles. The number of aromatic nitrogens is 3. The smallest absolute Gasteiger partial charge is 0.127 e. The normalized spacial score (nSPS) is 15.5. The third kappa shape index (κ3) is 16.3. The first-order chi connectivity index (χ1) is 47.9. The topological polar surface area (TPSA) is 103 Å². The average Bonchev–Trinajstić information content (AvgIpc) is 0.763. The van der Waals surface area contributed by atoms with E-state index >= 15 is 0 Å². The summed E-state index contributed by atoms with van der Waals surface area (Å²) in [7, 11) is 0. The maximum atomic E-state index is 6.34. The van der Waals surface area contributed by atoms with E-state index in [2.05, 4.69) is 172 Å². The van der Waals surface area contributed by atoms with E-state index in [1.54, 1.807) is 0 Å². The van der Waals surface area contributed by atoms with Crippen LogP contribution in [0.25, 0.3) is 67.2 Å². The van der Waals surface area contributed by atoms with Gasteiger partial charge in [0.25, 0.3) is 0 Å². The van der Waals surface area contributed by atoms with Gasteiger partial charge < -0.3 is 14.2 Å². The number of hydrogen-bond acceptors (Lipinski definition) is 9. The lowest BCUT2D eigenvalue weighted by Gasteiger charge is -2.43. The highest BCUT2D eigenvalue weighted by atomic mass is 16.5. The van der Waals surface area contributed by atoms with Gasteiger partial charge in [0.15, 0.2) is 0 Å². The van der Waals surface area contributed by atoms with Crippen LogP contribution < -0.4 is 14.2 Å². The molecular weight excluding hydrogens is 1210 g/mol. The predicted octanol–water partition coefficient (Wildman–Crippen LogP) is 25.0. The molecule has 0 unspecified atom stereocenters. The number of pyridine rings is 3. The van der Waals surface area contributed by atoms with Gasteiger partial charge in [-0.1, -0.05) is 190 Å². The van der Waals surface area contributed by atoms with Crippen molar-refractivity contribution in [2.45, 2.75) is 81.6 Å². The lowest BCUT2D eigenvalue weighted by Crippen LogP contribution is -2.43. The van der Waals surface area contributed by atoms with Gasteiger partial charge in [-0.2, -0.15) is 0 Å². The molecule has 1 aliphatic carbocycles. The molecule has 492 valence electrons. The lowest BCUT2D eigenvalue weighted by atomic mass is 9.62. The SMILES string of the molecule is CC(C)(C)C(=Nc1ccc(-c2ccccn2)cc1-c1ccc(Oc2ccccc2)cc1)C1CC(C(=Nc2ccc(-c3ccccn3)cc2-c2ccc(Oc3ccccc3)cc2)C(C)(C)C)CC(C(=Nc2ccc(-c3ccccn3)cc2-c2ccc(Oc3ccccc3)cc2)C(C)(C)C)C1. The molecule has 0 aliphatic heterocycles. The molecule has 0 N–H and O–H groups in total. The maximum absolute atomic E-state index is 6.34. The monoisotopic (exact) mass is 1300 g/mol. The number of ether oxygens (including phenoxy) is 3. The van der Waals surface area contributed by atoms with E-state index in [-0.39, 0.29) is 34.0 Å². The van der Waals surface area contributed by atoms with Crippen LogP contribution in [0.1, 0.15) is 81.6 Å². The van der Waals surface area contributed by atoms with Gasteiger partial charge in [0.1, 0.15) is 34.5 Å². The molecule has 1 fully saturated rings. The van der Waals surface area contributed by atoms with E-state index in [4.69, 9.17) is 44.1 Å². The number of hydrogen-bond donors (Lipinski definition) is 0. The van der Waals surface area contributed by atoms with Gasteiger partial charge in [-0.3, -0.25) is 29.9 Å². The van der Waals surface area contributed by atoms with Crippen LogP contribution in [0.2, 0.25) is 0 Å². The van der Waals surface area contributed by atoms with Crippen molar-refractivity contribution in [3.63, 3.8) is 0 Å². The molecule has 99 heavy (non-hydrogen) atoms. The number of para-hydroxylation sites is 3. The molecule has 3 heterocycles. The summed E-state index contributed by atoms with van der Waals surface area (Å²) in [5.74, 6) is 4.58. The van der Waals surface area contributed by atoms with Crippen molar-refractivity contribution in [2.75, 3.05) is 0 Å². The number of nitrogens with zero attached hydrogens (tertiary/aromatic N) is 6. The molecule has 0 spiro atoms. The Morgan fingerprint density at radius 1 is 0.273 bits per heavy atom. The Hall–Kier alpha value is -11.2. The highest BCUT2D eigenvalue weighted by Gasteiger charge is 2.43. The fourth-order valence-electron chi connectivity index (χ4n) is 13.6. The molecule has 0 radical (unpaired) electrons. The summed E-state index contributed by atoms with van der Waals surface area (Å²) in [4.78, 5) is 32.6. The third-order valence-electron chi connectivity index (χ3n) is 18.2. The second-order valence-electron chi connectivity index (χ2n) is 28.7. The summed E-state index contributed by atoms with van der Waals surface area (Å²) >= 11 is 0. The maximum Gasteiger partial charge on any atom is 0.127 e. The van der Waals surface area contributed by atoms with Gasteiger partial charge >= 0.3 is 0 Å². The fraction of sp³-hybridized carbons (Fsp3) is 0.200. The molecule has 3 aromatic heterocycles. The van der Waals surface area contributed by atoms with E-state index < -0.39 is 0 Å². The molecular formula is C90H84N6O3. The molecule has 9 heteroatoms. The van der Waals surface area contributed by atoms with E-state index in [0.29, 0.717) is 0 Å². The van der Waals surface area contributed by atoms with Crippen molar-refractivity contribution in [2.24, 2.45) is 49.0 Å². The van der Waals surface area contributed by atoms with Crippen LogP contribution in [0.15, 0.2) is 307 Å². The van der Waals surface area contributed by atoms with Crippen LogP contribution in [-0.2, 0) is 0 Å². The van der Waals surface area contributed by atoms with Gasteiger partial charge in [0, 0.05) is 85.4 Å². The van der Waals surface area contributed by atoms with Crippen LogP contribution in [0.5, 0.6) is 34.5 Å². The molecule has 13 rings (SSSR count). The molecule has 0 bridgehead atoms. The molecule has 1 aliphatic rings. The number of aliphatic imine (C=N–C) groups is 3. The van der Waals surface area contributed by atoms with Crippen LogP contribution in [-0.4, -0.2) is 32.1 Å². The zero-order valence-electron chi connectivity index (χ0n) is 58.0. The summed E-state index contributed by atoms with van der Waals surface area (Å²) in [6.07, 6.45) is 8.02. The van der Waals surface area contributed by atoms with E-state index in [0.717, 1.165) is 155 Å². The molecule has 12 aromatic rings. The van der Waals surface area contributed by atoms with E-state index in [1.165, 1.54) is 0 Å². The Morgan fingerprint density at radius 2 is 0.505 bits per heavy atom. The zero-order chi connectivity index (χ0) is 68.5. The first kappa shape index (κ1) is 66.5. The second kappa shape index (κ2) is 29.3. The van der Waals surface area contributed by atoms with Crippen LogP contribution in [0.4, 0.5) is 17.1 Å². The minimum Gasteiger partial charge on any atom is -0.457 e. The summed E-state index contributed by atoms with van der Waals surface area (Å²) in [5.41, 5.74) is 16.7. The summed E-state index contributed by atoms with van der Waals surface area (Å²) < 4.78 is 19.0. The van der Waals surface area contributed by atoms with Gasteiger partial charge in [-0.05, 0) is 199 Å². The largest absolute Gasteiger partial charge is 0.457 e. The first-order valence-corrected chi connectivity index (χ1v) is 34.4. The Labute approximate surface area is 583 Å². The lowest BCUT2D eigenvalue weighted by molar-refractivity contribution is 0.301. The van der Waals surface area contributed by atoms with Gasteiger partial charge in [0.05, 0.1) is 34.1 Å². The average molecular weight is 1300 g/mol. The highest BCUT2D eigenvalue weighted by Crippen LogP contribution is 2.49. The van der Waals surface area contributed by atoms with Crippen LogP contribution in [0, 0.1) is 34.0 Å². The van der Waals surface area contributed by atoms with Crippen molar-refractivity contribution in [1.82, 2.24) is 15.0 Å². The van der Waals surface area contributed by atoms with Crippen molar-refractivity contribution in [3.05, 3.63) is 292 Å². The highest BCUT2D eigenvalue weighted by molar-refractivity contribution is 6.02. The molecule has 0 atom stereocenters. The van der Waals surface area contributed by atoms with Crippen molar-refractivity contribution in [3.8, 4) is 102 Å². The minimum absolute atomic E-state index is 0.00913. The van der Waals surface area contributed by atoms with Gasteiger partial charge in [-0.25, -0.2) is 0 Å². The fourth-order valence-corrected chi connectivity index (χ4v) is 13.6. The predicted molar refractivity (Wildman–Crippen MR) is 409 cm³/mol. The van der Waals surface area contributed by atoms with Gasteiger partial charge in [0.2, 0.25) is 0 Å². The second-order valence-corrected chi connectivity index (χ2v) is 28.7. The van der Waals surface area contributed by atoms with Crippen molar-refractivity contribution < 1.29 is 14.2 Å². The standard InChI is InChI=1S/C90H84N6O3/c1-88(2,3)85(94-82-49-40-64(79-31-19-22-52-91-79)58-76(82)61-34-43-73(44-35-61)97-70-25-13-10-14-26-70)67-55-68(86(89(4,5)6)95-83-50-41-65(80-32-20-23-53-92-80)59-77(83)62-36-45-74(46-37-62)98-71-27-15-11-16-28-71)57-69(56-67)87(90(7,8)9)96-84-51-42-66(81-33-21-24-54-93-81)60-78(84)63-38-47-75(48-39-63)99-72-29-17-12-18-30-72/h10-54,58-60,67-69H,55-57H2,1-9H3. The Morgan fingerprint density at radius 3 is 0.737 bits per heavy atom. The van der Waals surface area contributed by atoms with E-state index in [1.807, 2.05) is 182 Å². The van der Waals surface area contributed by atoms with Crippen LogP contribution >= 0.6 is 0 Å². The number of rotatable bonds is 18. The first-order valence-electron chi connectivity index (χ1n) is 34.4. The molecule has 9 aromatic carbocycles. The Bertz CT molecular complexity index is 4300. The molecule has 0 amide bonds. The number of benzene rings is 9. The van der Waals surface area contributed by atoms with Crippen LogP contribution in [0.3, 0.4) is 0 Å². The van der Waals surface area contributed by atoms with Crippen molar-refractivity contribution >= 4 is 34.2 Å². The van der Waals surface area contributed by atoms with Crippen molar-refractivity contribution in [1.29, 1.82) is 0 Å². The summed E-state index contributed by atoms with van der Waals surface area (Å²) in [6.45, 7) is 21.0.